The van der Waals surface area contributed by atoms with Gasteiger partial charge < -0.3 is 20.5 Å². The summed E-state index contributed by atoms with van der Waals surface area (Å²) in [5.74, 6) is -0.676. The first-order valence-corrected chi connectivity index (χ1v) is 6.83. The molecule has 0 spiro atoms. The minimum absolute atomic E-state index is 0.0443. The molecule has 0 radical (unpaired) electrons. The Morgan fingerprint density at radius 2 is 2.00 bits per heavy atom. The number of hydrogen-bond acceptors (Lipinski definition) is 3. The molecule has 0 aromatic heterocycles. The molecule has 1 aliphatic heterocycles. The molecule has 1 heterocycles. The number of carbonyl (C=O) groups is 2. The normalized spacial score (nSPS) is 30.2. The second kappa shape index (κ2) is 5.36. The Morgan fingerprint density at radius 1 is 1.32 bits per heavy atom. The predicted molar refractivity (Wildman–Crippen MR) is 68.8 cm³/mol. The Kier molecular flexibility index (Phi) is 3.99. The first kappa shape index (κ1) is 14.1. The lowest BCUT2D eigenvalue weighted by atomic mass is 9.95. The molecule has 6 heteroatoms. The first-order valence-electron chi connectivity index (χ1n) is 6.83. The lowest BCUT2D eigenvalue weighted by Gasteiger charge is -2.32. The van der Waals surface area contributed by atoms with Crippen LogP contribution in [-0.4, -0.2) is 41.9 Å². The minimum Gasteiger partial charge on any atom is -0.480 e. The van der Waals surface area contributed by atoms with Gasteiger partial charge >= 0.3 is 12.0 Å². The van der Waals surface area contributed by atoms with E-state index in [1.54, 1.807) is 6.92 Å². The van der Waals surface area contributed by atoms with E-state index < -0.39 is 17.5 Å². The number of hydrogen-bond donors (Lipinski definition) is 3. The fourth-order valence-corrected chi connectivity index (χ4v) is 2.53. The maximum atomic E-state index is 12.0. The first-order chi connectivity index (χ1) is 8.93. The van der Waals surface area contributed by atoms with Crippen LogP contribution in [0, 0.1) is 11.8 Å². The van der Waals surface area contributed by atoms with E-state index in [2.05, 4.69) is 10.6 Å². The Balaban J connectivity index is 1.90. The molecule has 0 aromatic rings. The zero-order chi connectivity index (χ0) is 14.0. The second-order valence-corrected chi connectivity index (χ2v) is 5.83. The lowest BCUT2D eigenvalue weighted by Crippen LogP contribution is -2.59. The van der Waals surface area contributed by atoms with Crippen LogP contribution in [0.15, 0.2) is 0 Å². The Hall–Kier alpha value is -1.30. The SMILES string of the molecule is CC1COCCC1NC(=O)NC(C)(C(=O)O)C1CC1. The average Bonchev–Trinajstić information content (AvgIpc) is 3.16. The van der Waals surface area contributed by atoms with E-state index in [0.717, 1.165) is 19.3 Å². The smallest absolute Gasteiger partial charge is 0.329 e. The molecule has 0 aromatic carbocycles. The van der Waals surface area contributed by atoms with Gasteiger partial charge in [-0.2, -0.15) is 0 Å². The maximum Gasteiger partial charge on any atom is 0.329 e. The van der Waals surface area contributed by atoms with Crippen molar-refractivity contribution in [1.29, 1.82) is 0 Å². The van der Waals surface area contributed by atoms with E-state index in [9.17, 15) is 14.7 Å². The molecular formula is C13H22N2O4. The molecule has 6 nitrogen and oxygen atoms in total. The van der Waals surface area contributed by atoms with Crippen molar-refractivity contribution in [3.05, 3.63) is 0 Å². The molecular weight excluding hydrogens is 248 g/mol. The van der Waals surface area contributed by atoms with Crippen LogP contribution in [0.5, 0.6) is 0 Å². The maximum absolute atomic E-state index is 12.0. The van der Waals surface area contributed by atoms with Gasteiger partial charge in [0.25, 0.3) is 0 Å². The minimum atomic E-state index is -1.15. The highest BCUT2D eigenvalue weighted by Gasteiger charge is 2.48. The van der Waals surface area contributed by atoms with E-state index in [0.29, 0.717) is 13.2 Å². The van der Waals surface area contributed by atoms with Crippen molar-refractivity contribution in [2.75, 3.05) is 13.2 Å². The van der Waals surface area contributed by atoms with Crippen LogP contribution in [0.1, 0.15) is 33.1 Å². The third kappa shape index (κ3) is 3.18. The number of carboxylic acid groups (broad SMARTS) is 1. The molecule has 2 aliphatic rings. The van der Waals surface area contributed by atoms with Crippen molar-refractivity contribution in [3.8, 4) is 0 Å². The van der Waals surface area contributed by atoms with Gasteiger partial charge in [-0.05, 0) is 38.0 Å². The Morgan fingerprint density at radius 3 is 2.53 bits per heavy atom. The molecule has 0 bridgehead atoms. The topological polar surface area (TPSA) is 87.7 Å². The third-order valence-electron chi connectivity index (χ3n) is 4.17. The number of rotatable bonds is 4. The van der Waals surface area contributed by atoms with Crippen LogP contribution < -0.4 is 10.6 Å². The molecule has 3 N–H and O–H groups in total. The molecule has 2 amide bonds. The largest absolute Gasteiger partial charge is 0.480 e. The molecule has 3 unspecified atom stereocenters. The van der Waals surface area contributed by atoms with Gasteiger partial charge in [0.15, 0.2) is 0 Å². The van der Waals surface area contributed by atoms with Crippen molar-refractivity contribution in [1.82, 2.24) is 10.6 Å². The second-order valence-electron chi connectivity index (χ2n) is 5.83. The summed E-state index contributed by atoms with van der Waals surface area (Å²) in [5.41, 5.74) is -1.15. The lowest BCUT2D eigenvalue weighted by molar-refractivity contribution is -0.144. The molecule has 2 rings (SSSR count). The average molecular weight is 270 g/mol. The van der Waals surface area contributed by atoms with Gasteiger partial charge in [-0.3, -0.25) is 0 Å². The van der Waals surface area contributed by atoms with E-state index >= 15 is 0 Å². The number of carbonyl (C=O) groups excluding carboxylic acids is 1. The Bertz CT molecular complexity index is 370. The summed E-state index contributed by atoms with van der Waals surface area (Å²) >= 11 is 0. The van der Waals surface area contributed by atoms with Gasteiger partial charge in [-0.1, -0.05) is 6.92 Å². The molecule has 19 heavy (non-hydrogen) atoms. The van der Waals surface area contributed by atoms with Crippen molar-refractivity contribution >= 4 is 12.0 Å². The number of aliphatic carboxylic acids is 1. The molecule has 1 saturated heterocycles. The van der Waals surface area contributed by atoms with Gasteiger partial charge in [0.2, 0.25) is 0 Å². The number of amides is 2. The summed E-state index contributed by atoms with van der Waals surface area (Å²) in [6, 6.07) is -0.346. The van der Waals surface area contributed by atoms with E-state index in [-0.39, 0.29) is 17.9 Å². The summed E-state index contributed by atoms with van der Waals surface area (Å²) in [5, 5.41) is 14.8. The number of ether oxygens (including phenoxy) is 1. The predicted octanol–water partition coefficient (Wildman–Crippen LogP) is 0.964. The molecule has 1 saturated carbocycles. The van der Waals surface area contributed by atoms with Gasteiger partial charge in [-0.15, -0.1) is 0 Å². The quantitative estimate of drug-likeness (QED) is 0.710. The molecule has 3 atom stereocenters. The summed E-state index contributed by atoms with van der Waals surface area (Å²) < 4.78 is 5.32. The van der Waals surface area contributed by atoms with Gasteiger partial charge in [0.1, 0.15) is 5.54 Å². The molecule has 2 fully saturated rings. The van der Waals surface area contributed by atoms with Crippen molar-refractivity contribution < 1.29 is 19.4 Å². The van der Waals surface area contributed by atoms with E-state index in [1.165, 1.54) is 0 Å². The van der Waals surface area contributed by atoms with Gasteiger partial charge in [-0.25, -0.2) is 9.59 Å². The van der Waals surface area contributed by atoms with E-state index in [4.69, 9.17) is 4.74 Å². The highest BCUT2D eigenvalue weighted by molar-refractivity contribution is 5.86. The monoisotopic (exact) mass is 270 g/mol. The fraction of sp³-hybridized carbons (Fsp3) is 0.846. The number of nitrogens with one attached hydrogen (secondary N) is 2. The van der Waals surface area contributed by atoms with Crippen LogP contribution in [-0.2, 0) is 9.53 Å². The number of carboxylic acids is 1. The van der Waals surface area contributed by atoms with Crippen LogP contribution in [0.2, 0.25) is 0 Å². The number of urea groups is 1. The van der Waals surface area contributed by atoms with Crippen molar-refractivity contribution in [2.24, 2.45) is 11.8 Å². The van der Waals surface area contributed by atoms with Crippen molar-refractivity contribution in [2.45, 2.75) is 44.7 Å². The summed E-state index contributed by atoms with van der Waals surface area (Å²) in [7, 11) is 0. The van der Waals surface area contributed by atoms with Crippen LogP contribution >= 0.6 is 0 Å². The summed E-state index contributed by atoms with van der Waals surface area (Å²) in [6.45, 7) is 4.86. The van der Waals surface area contributed by atoms with Gasteiger partial charge in [0, 0.05) is 12.6 Å². The zero-order valence-corrected chi connectivity index (χ0v) is 11.4. The van der Waals surface area contributed by atoms with Crippen molar-refractivity contribution in [3.63, 3.8) is 0 Å². The van der Waals surface area contributed by atoms with Crippen LogP contribution in [0.25, 0.3) is 0 Å². The van der Waals surface area contributed by atoms with Crippen LogP contribution in [0.3, 0.4) is 0 Å². The third-order valence-corrected chi connectivity index (χ3v) is 4.17. The fourth-order valence-electron chi connectivity index (χ4n) is 2.53. The summed E-state index contributed by atoms with van der Waals surface area (Å²) in [6.07, 6.45) is 2.48. The molecule has 108 valence electrons. The van der Waals surface area contributed by atoms with Gasteiger partial charge in [0.05, 0.1) is 6.61 Å². The highest BCUT2D eigenvalue weighted by atomic mass is 16.5. The highest BCUT2D eigenvalue weighted by Crippen LogP contribution is 2.39. The van der Waals surface area contributed by atoms with Crippen LogP contribution in [0.4, 0.5) is 4.79 Å². The van der Waals surface area contributed by atoms with E-state index in [1.807, 2.05) is 6.92 Å². The zero-order valence-electron chi connectivity index (χ0n) is 11.4. The Labute approximate surface area is 112 Å². The molecule has 1 aliphatic carbocycles. The summed E-state index contributed by atoms with van der Waals surface area (Å²) in [4.78, 5) is 23.3. The standard InChI is InChI=1S/C13H22N2O4/c1-8-7-19-6-5-10(8)14-12(18)15-13(2,11(16)17)9-3-4-9/h8-10H,3-7H2,1-2H3,(H,16,17)(H2,14,15,18).